The monoisotopic (exact) mass is 258 g/mol. The van der Waals surface area contributed by atoms with Crippen LogP contribution in [0.4, 0.5) is 0 Å². The third-order valence-corrected chi connectivity index (χ3v) is 4.34. The molecule has 4 aromatic rings. The van der Waals surface area contributed by atoms with Crippen LogP contribution in [0.1, 0.15) is 24.5 Å². The zero-order valence-electron chi connectivity index (χ0n) is 11.1. The van der Waals surface area contributed by atoms with E-state index < -0.39 is 0 Å². The standard InChI is InChI=1S/C18H14N2/c1-2-6-14-13(5-1)11-17(12-9-10-12)20-18(14)15-7-3-4-8-16(15)19-20/h1-8,11-12H,9-10H2. The molecule has 2 aromatic heterocycles. The average molecular weight is 258 g/mol. The van der Waals surface area contributed by atoms with Crippen molar-refractivity contribution in [2.75, 3.05) is 0 Å². The highest BCUT2D eigenvalue weighted by Gasteiger charge is 2.27. The lowest BCUT2D eigenvalue weighted by atomic mass is 10.1. The van der Waals surface area contributed by atoms with E-state index in [-0.39, 0.29) is 0 Å². The molecule has 0 radical (unpaired) electrons. The Bertz CT molecular complexity index is 961. The molecule has 96 valence electrons. The molecule has 5 rings (SSSR count). The molecule has 2 heteroatoms. The van der Waals surface area contributed by atoms with Crippen LogP contribution in [-0.4, -0.2) is 9.61 Å². The first kappa shape index (κ1) is 10.4. The molecule has 0 aliphatic heterocycles. The van der Waals surface area contributed by atoms with Gasteiger partial charge in [0.1, 0.15) is 0 Å². The van der Waals surface area contributed by atoms with Crippen molar-refractivity contribution in [2.24, 2.45) is 0 Å². The smallest absolute Gasteiger partial charge is 0.0934 e. The molecule has 0 atom stereocenters. The van der Waals surface area contributed by atoms with E-state index in [0.29, 0.717) is 5.92 Å². The molecule has 2 aromatic carbocycles. The van der Waals surface area contributed by atoms with E-state index in [9.17, 15) is 0 Å². The van der Waals surface area contributed by atoms with Crippen molar-refractivity contribution in [1.29, 1.82) is 0 Å². The first-order chi connectivity index (χ1) is 9.92. The fourth-order valence-corrected chi connectivity index (χ4v) is 3.21. The molecule has 1 saturated carbocycles. The molecule has 0 amide bonds. The molecule has 2 nitrogen and oxygen atoms in total. The van der Waals surface area contributed by atoms with E-state index in [1.54, 1.807) is 0 Å². The van der Waals surface area contributed by atoms with Gasteiger partial charge in [-0.1, -0.05) is 42.5 Å². The van der Waals surface area contributed by atoms with Crippen LogP contribution in [0.3, 0.4) is 0 Å². The summed E-state index contributed by atoms with van der Waals surface area (Å²) in [5.74, 6) is 0.691. The average Bonchev–Trinajstić information content (AvgIpc) is 3.26. The highest BCUT2D eigenvalue weighted by atomic mass is 15.2. The molecule has 0 saturated heterocycles. The van der Waals surface area contributed by atoms with Gasteiger partial charge in [-0.3, -0.25) is 0 Å². The Kier molecular flexibility index (Phi) is 1.88. The van der Waals surface area contributed by atoms with Gasteiger partial charge in [0.25, 0.3) is 0 Å². The van der Waals surface area contributed by atoms with E-state index >= 15 is 0 Å². The van der Waals surface area contributed by atoms with E-state index in [1.807, 2.05) is 0 Å². The minimum absolute atomic E-state index is 0.691. The number of hydrogen-bond acceptors (Lipinski definition) is 1. The molecule has 1 aliphatic carbocycles. The fourth-order valence-electron chi connectivity index (χ4n) is 3.21. The number of nitrogens with zero attached hydrogens (tertiary/aromatic N) is 2. The van der Waals surface area contributed by atoms with Gasteiger partial charge in [0, 0.05) is 22.4 Å². The summed E-state index contributed by atoms with van der Waals surface area (Å²) in [6.45, 7) is 0. The van der Waals surface area contributed by atoms with Gasteiger partial charge < -0.3 is 0 Å². The highest BCUT2D eigenvalue weighted by molar-refractivity contribution is 6.09. The van der Waals surface area contributed by atoms with Crippen molar-refractivity contribution in [3.05, 3.63) is 60.3 Å². The van der Waals surface area contributed by atoms with Crippen molar-refractivity contribution in [2.45, 2.75) is 18.8 Å². The van der Waals surface area contributed by atoms with E-state index in [1.165, 1.54) is 40.2 Å². The minimum Gasteiger partial charge on any atom is -0.236 e. The quantitative estimate of drug-likeness (QED) is 0.490. The SMILES string of the molecule is c1ccc2c(c1)cc(C1CC1)n1nc3ccccc3c21. The van der Waals surface area contributed by atoms with Gasteiger partial charge in [0.05, 0.1) is 11.0 Å². The predicted molar refractivity (Wildman–Crippen MR) is 82.2 cm³/mol. The summed E-state index contributed by atoms with van der Waals surface area (Å²) in [4.78, 5) is 0. The summed E-state index contributed by atoms with van der Waals surface area (Å²) < 4.78 is 2.19. The second kappa shape index (κ2) is 3.60. The second-order valence-corrected chi connectivity index (χ2v) is 5.71. The normalized spacial score (nSPS) is 15.4. The van der Waals surface area contributed by atoms with Gasteiger partial charge in [-0.2, -0.15) is 5.10 Å². The van der Waals surface area contributed by atoms with Gasteiger partial charge in [-0.05, 0) is 30.4 Å². The Balaban J connectivity index is 2.09. The Hall–Kier alpha value is -2.35. The van der Waals surface area contributed by atoms with Gasteiger partial charge in [0.2, 0.25) is 0 Å². The summed E-state index contributed by atoms with van der Waals surface area (Å²) in [5.41, 5.74) is 3.72. The molecule has 1 aliphatic rings. The maximum atomic E-state index is 4.84. The van der Waals surface area contributed by atoms with Crippen LogP contribution in [0.15, 0.2) is 54.6 Å². The molecule has 1 fully saturated rings. The van der Waals surface area contributed by atoms with Crippen LogP contribution < -0.4 is 0 Å². The molecule has 0 N–H and O–H groups in total. The largest absolute Gasteiger partial charge is 0.236 e. The molecular weight excluding hydrogens is 244 g/mol. The topological polar surface area (TPSA) is 17.3 Å². The van der Waals surface area contributed by atoms with Crippen LogP contribution in [0.25, 0.3) is 27.2 Å². The van der Waals surface area contributed by atoms with Gasteiger partial charge in [-0.25, -0.2) is 4.52 Å². The van der Waals surface area contributed by atoms with Crippen molar-refractivity contribution >= 4 is 27.2 Å². The van der Waals surface area contributed by atoms with Crippen LogP contribution in [0.2, 0.25) is 0 Å². The lowest BCUT2D eigenvalue weighted by Crippen LogP contribution is -1.97. The van der Waals surface area contributed by atoms with E-state index in [4.69, 9.17) is 5.10 Å². The van der Waals surface area contributed by atoms with Gasteiger partial charge >= 0.3 is 0 Å². The third kappa shape index (κ3) is 1.31. The number of hydrogen-bond donors (Lipinski definition) is 0. The molecule has 2 heterocycles. The number of fused-ring (bicyclic) bond motifs is 5. The number of pyridine rings is 1. The van der Waals surface area contributed by atoms with Crippen molar-refractivity contribution < 1.29 is 0 Å². The van der Waals surface area contributed by atoms with Crippen LogP contribution in [-0.2, 0) is 0 Å². The van der Waals surface area contributed by atoms with Crippen molar-refractivity contribution in [3.63, 3.8) is 0 Å². The number of rotatable bonds is 1. The third-order valence-electron chi connectivity index (χ3n) is 4.34. The highest BCUT2D eigenvalue weighted by Crippen LogP contribution is 2.42. The van der Waals surface area contributed by atoms with E-state index in [2.05, 4.69) is 59.1 Å². The zero-order chi connectivity index (χ0) is 13.1. The maximum absolute atomic E-state index is 4.84. The summed E-state index contributed by atoms with van der Waals surface area (Å²) >= 11 is 0. The molecule has 0 bridgehead atoms. The van der Waals surface area contributed by atoms with E-state index in [0.717, 1.165) is 5.52 Å². The van der Waals surface area contributed by atoms with Crippen molar-refractivity contribution in [1.82, 2.24) is 9.61 Å². The summed E-state index contributed by atoms with van der Waals surface area (Å²) in [6, 6.07) is 19.4. The second-order valence-electron chi connectivity index (χ2n) is 5.71. The molecular formula is C18H14N2. The molecule has 0 spiro atoms. The number of aromatic nitrogens is 2. The first-order valence-corrected chi connectivity index (χ1v) is 7.21. The lowest BCUT2D eigenvalue weighted by Gasteiger charge is -2.07. The Morgan fingerprint density at radius 2 is 1.65 bits per heavy atom. The summed E-state index contributed by atoms with van der Waals surface area (Å²) in [7, 11) is 0. The Morgan fingerprint density at radius 3 is 2.50 bits per heavy atom. The van der Waals surface area contributed by atoms with Gasteiger partial charge in [-0.15, -0.1) is 0 Å². The Labute approximate surface area is 116 Å². The van der Waals surface area contributed by atoms with Crippen LogP contribution >= 0.6 is 0 Å². The van der Waals surface area contributed by atoms with Gasteiger partial charge in [0.15, 0.2) is 0 Å². The van der Waals surface area contributed by atoms with Crippen LogP contribution in [0.5, 0.6) is 0 Å². The molecule has 20 heavy (non-hydrogen) atoms. The summed E-state index contributed by atoms with van der Waals surface area (Å²) in [6.07, 6.45) is 2.59. The minimum atomic E-state index is 0.691. The maximum Gasteiger partial charge on any atom is 0.0934 e. The first-order valence-electron chi connectivity index (χ1n) is 7.21. The number of benzene rings is 2. The molecule has 0 unspecified atom stereocenters. The lowest BCUT2D eigenvalue weighted by molar-refractivity contribution is 0.874. The zero-order valence-corrected chi connectivity index (χ0v) is 11.1. The summed E-state index contributed by atoms with van der Waals surface area (Å²) in [5, 5.41) is 8.72. The van der Waals surface area contributed by atoms with Crippen molar-refractivity contribution in [3.8, 4) is 0 Å². The Morgan fingerprint density at radius 1 is 0.900 bits per heavy atom. The fraction of sp³-hybridized carbons (Fsp3) is 0.167. The predicted octanol–water partition coefficient (Wildman–Crippen LogP) is 4.52. The van der Waals surface area contributed by atoms with Crippen LogP contribution in [0, 0.1) is 0 Å².